The molecule has 0 radical (unpaired) electrons. The molecule has 2 aromatic carbocycles. The van der Waals surface area contributed by atoms with Gasteiger partial charge in [0.05, 0.1) is 4.90 Å². The number of sulfonamides is 1. The molecule has 0 bridgehead atoms. The first-order valence-corrected chi connectivity index (χ1v) is 10.5. The molecule has 0 aliphatic carbocycles. The van der Waals surface area contributed by atoms with Gasteiger partial charge in [-0.15, -0.1) is 0 Å². The van der Waals surface area contributed by atoms with E-state index in [2.05, 4.69) is 15.0 Å². The van der Waals surface area contributed by atoms with Gasteiger partial charge in [0.2, 0.25) is 0 Å². The number of ether oxygens (including phenoxy) is 1. The normalized spacial score (nSPS) is 16.5. The summed E-state index contributed by atoms with van der Waals surface area (Å²) in [5.74, 6) is -1.06. The second-order valence-electron chi connectivity index (χ2n) is 6.45. The molecule has 152 valence electrons. The highest BCUT2D eigenvalue weighted by Crippen LogP contribution is 2.22. The van der Waals surface area contributed by atoms with Gasteiger partial charge < -0.3 is 10.1 Å². The van der Waals surface area contributed by atoms with E-state index in [4.69, 9.17) is 4.74 Å². The van der Waals surface area contributed by atoms with Crippen molar-refractivity contribution < 1.29 is 22.7 Å². The zero-order valence-corrected chi connectivity index (χ0v) is 16.6. The van der Waals surface area contributed by atoms with Crippen molar-refractivity contribution in [1.82, 2.24) is 10.0 Å². The molecule has 8 nitrogen and oxygen atoms in total. The van der Waals surface area contributed by atoms with E-state index in [1.54, 1.807) is 18.2 Å². The summed E-state index contributed by atoms with van der Waals surface area (Å²) in [7, 11) is -3.68. The minimum absolute atomic E-state index is 0.0809. The molecule has 29 heavy (non-hydrogen) atoms. The van der Waals surface area contributed by atoms with Gasteiger partial charge >= 0.3 is 5.97 Å². The van der Waals surface area contributed by atoms with Gasteiger partial charge in [-0.2, -0.15) is 0 Å². The third-order valence-corrected chi connectivity index (χ3v) is 5.65. The molecule has 0 fully saturated rings. The molecule has 2 aromatic rings. The molecule has 0 saturated heterocycles. The molecule has 3 rings (SSSR count). The van der Waals surface area contributed by atoms with E-state index in [0.717, 1.165) is 5.56 Å². The Balaban J connectivity index is 1.50. The summed E-state index contributed by atoms with van der Waals surface area (Å²) in [5, 5.41) is 2.68. The van der Waals surface area contributed by atoms with Crippen molar-refractivity contribution >= 4 is 27.7 Å². The predicted molar refractivity (Wildman–Crippen MR) is 107 cm³/mol. The van der Waals surface area contributed by atoms with Crippen LogP contribution in [0.1, 0.15) is 18.1 Å². The van der Waals surface area contributed by atoms with Crippen LogP contribution in [0.3, 0.4) is 0 Å². The monoisotopic (exact) mass is 415 g/mol. The number of esters is 1. The summed E-state index contributed by atoms with van der Waals surface area (Å²) in [4.78, 5) is 28.2. The highest BCUT2D eigenvalue weighted by Gasteiger charge is 2.31. The van der Waals surface area contributed by atoms with Gasteiger partial charge in [-0.3, -0.25) is 14.5 Å². The Hall–Kier alpha value is -3.20. The van der Waals surface area contributed by atoms with Crippen molar-refractivity contribution in [3.63, 3.8) is 0 Å². The number of benzene rings is 2. The van der Waals surface area contributed by atoms with Gasteiger partial charge in [0.25, 0.3) is 15.9 Å². The van der Waals surface area contributed by atoms with Gasteiger partial charge in [0.1, 0.15) is 11.9 Å². The number of hydrogen-bond acceptors (Lipinski definition) is 6. The maximum atomic E-state index is 12.1. The molecule has 0 unspecified atom stereocenters. The van der Waals surface area contributed by atoms with Crippen LogP contribution in [0.15, 0.2) is 64.5 Å². The average molecular weight is 415 g/mol. The van der Waals surface area contributed by atoms with E-state index < -0.39 is 34.5 Å². The number of fused-ring (bicyclic) bond motifs is 1. The Bertz CT molecular complexity index is 1040. The molecule has 1 aliphatic heterocycles. The lowest BCUT2D eigenvalue weighted by Gasteiger charge is -2.09. The minimum atomic E-state index is -3.68. The Kier molecular flexibility index (Phi) is 6.28. The van der Waals surface area contributed by atoms with Crippen LogP contribution >= 0.6 is 0 Å². The number of aliphatic imine (C=N–C) groups is 1. The fourth-order valence-corrected chi connectivity index (χ4v) is 4.01. The van der Waals surface area contributed by atoms with Gasteiger partial charge in [-0.1, -0.05) is 42.5 Å². The lowest BCUT2D eigenvalue weighted by atomic mass is 10.1. The van der Waals surface area contributed by atoms with E-state index in [1.165, 1.54) is 13.0 Å². The highest BCUT2D eigenvalue weighted by molar-refractivity contribution is 7.90. The van der Waals surface area contributed by atoms with Gasteiger partial charge in [0, 0.05) is 12.1 Å². The second kappa shape index (κ2) is 8.87. The summed E-state index contributed by atoms with van der Waals surface area (Å²) in [6, 6.07) is 15.1. The number of hydrogen-bond donors (Lipinski definition) is 2. The molecule has 1 aliphatic rings. The van der Waals surface area contributed by atoms with E-state index in [9.17, 15) is 18.0 Å². The Morgan fingerprint density at radius 2 is 1.79 bits per heavy atom. The van der Waals surface area contributed by atoms with Crippen molar-refractivity contribution in [1.29, 1.82) is 0 Å². The largest absolute Gasteiger partial charge is 0.454 e. The molecule has 2 N–H and O–H groups in total. The zero-order chi connectivity index (χ0) is 20.9. The van der Waals surface area contributed by atoms with Crippen LogP contribution in [0.4, 0.5) is 0 Å². The molecular weight excluding hydrogens is 394 g/mol. The van der Waals surface area contributed by atoms with E-state index in [-0.39, 0.29) is 10.7 Å². The summed E-state index contributed by atoms with van der Waals surface area (Å²) in [6.45, 7) is 1.47. The van der Waals surface area contributed by atoms with Crippen molar-refractivity contribution in [2.45, 2.75) is 24.3 Å². The molecule has 1 heterocycles. The molecule has 0 aromatic heterocycles. The van der Waals surface area contributed by atoms with Crippen molar-refractivity contribution in [2.24, 2.45) is 4.99 Å². The predicted octanol–water partition coefficient (Wildman–Crippen LogP) is 1.02. The molecular formula is C20H21N3O5S. The molecule has 9 heteroatoms. The number of nitrogens with zero attached hydrogens (tertiary/aromatic N) is 1. The fourth-order valence-electron chi connectivity index (χ4n) is 2.78. The molecule has 0 spiro atoms. The maximum Gasteiger partial charge on any atom is 0.331 e. The van der Waals surface area contributed by atoms with Crippen LogP contribution in [0.5, 0.6) is 0 Å². The summed E-state index contributed by atoms with van der Waals surface area (Å²) in [6.07, 6.45) is 0.671. The van der Waals surface area contributed by atoms with Crippen LogP contribution in [-0.4, -0.2) is 45.3 Å². The molecule has 1 amide bonds. The number of rotatable bonds is 7. The standard InChI is InChI=1S/C20H21N3O5S/c1-14(22-19-16-9-5-6-10-17(16)29(26,27)23-19)20(25)28-13-18(24)21-12-11-15-7-3-2-4-8-15/h2-10,14H,11-13H2,1H3,(H,21,24)(H,22,23)/t14-/m0/s1. The summed E-state index contributed by atoms with van der Waals surface area (Å²) < 4.78 is 31.5. The topological polar surface area (TPSA) is 114 Å². The number of carbonyl (C=O) groups excluding carboxylic acids is 2. The highest BCUT2D eigenvalue weighted by atomic mass is 32.2. The van der Waals surface area contributed by atoms with Crippen molar-refractivity contribution in [3.8, 4) is 0 Å². The first-order chi connectivity index (χ1) is 13.9. The van der Waals surface area contributed by atoms with Crippen LogP contribution in [0.25, 0.3) is 0 Å². The number of amides is 1. The third kappa shape index (κ3) is 5.20. The van der Waals surface area contributed by atoms with Crippen LogP contribution in [-0.2, 0) is 30.8 Å². The maximum absolute atomic E-state index is 12.1. The van der Waals surface area contributed by atoms with Crippen molar-refractivity contribution in [3.05, 3.63) is 65.7 Å². The Labute approximate surface area is 169 Å². The molecule has 1 atom stereocenters. The average Bonchev–Trinajstić information content (AvgIpc) is 2.97. The number of nitrogens with one attached hydrogen (secondary N) is 2. The first-order valence-electron chi connectivity index (χ1n) is 9.04. The lowest BCUT2D eigenvalue weighted by molar-refractivity contribution is -0.149. The number of amidine groups is 1. The van der Waals surface area contributed by atoms with Crippen LogP contribution in [0, 0.1) is 0 Å². The van der Waals surface area contributed by atoms with Crippen LogP contribution in [0.2, 0.25) is 0 Å². The molecule has 0 saturated carbocycles. The second-order valence-corrected chi connectivity index (χ2v) is 8.10. The quantitative estimate of drug-likeness (QED) is 0.656. The van der Waals surface area contributed by atoms with E-state index >= 15 is 0 Å². The fraction of sp³-hybridized carbons (Fsp3) is 0.250. The van der Waals surface area contributed by atoms with E-state index in [1.807, 2.05) is 30.3 Å². The van der Waals surface area contributed by atoms with E-state index in [0.29, 0.717) is 18.5 Å². The number of carbonyl (C=O) groups is 2. The smallest absolute Gasteiger partial charge is 0.331 e. The van der Waals surface area contributed by atoms with Gasteiger partial charge in [-0.05, 0) is 31.0 Å². The first kappa shape index (κ1) is 20.5. The zero-order valence-electron chi connectivity index (χ0n) is 15.8. The Morgan fingerprint density at radius 3 is 2.55 bits per heavy atom. The van der Waals surface area contributed by atoms with Crippen LogP contribution < -0.4 is 10.0 Å². The van der Waals surface area contributed by atoms with Gasteiger partial charge in [0.15, 0.2) is 6.61 Å². The third-order valence-electron chi connectivity index (χ3n) is 4.25. The Morgan fingerprint density at radius 1 is 1.10 bits per heavy atom. The lowest BCUT2D eigenvalue weighted by Crippen LogP contribution is -2.32. The van der Waals surface area contributed by atoms with Crippen molar-refractivity contribution in [2.75, 3.05) is 13.2 Å². The SMILES string of the molecule is C[C@H](N=C1NS(=O)(=O)c2ccccc21)C(=O)OCC(=O)NCCc1ccccc1. The van der Waals surface area contributed by atoms with Gasteiger partial charge in [-0.25, -0.2) is 13.2 Å². The summed E-state index contributed by atoms with van der Waals surface area (Å²) >= 11 is 0. The summed E-state index contributed by atoms with van der Waals surface area (Å²) in [5.41, 5.74) is 1.49. The minimum Gasteiger partial charge on any atom is -0.454 e.